The maximum atomic E-state index is 12.5. The second kappa shape index (κ2) is 6.96. The first-order valence-electron chi connectivity index (χ1n) is 11.7. The van der Waals surface area contributed by atoms with Crippen molar-refractivity contribution in [1.82, 2.24) is 0 Å². The Balaban J connectivity index is 1.29. The Bertz CT molecular complexity index is 801. The monoisotopic (exact) mass is 394 g/mol. The summed E-state index contributed by atoms with van der Waals surface area (Å²) in [5.74, 6) is 3.06. The van der Waals surface area contributed by atoms with Gasteiger partial charge in [-0.25, -0.2) is 4.79 Å². The summed E-state index contributed by atoms with van der Waals surface area (Å²) in [6, 6.07) is 9.37. The Labute approximate surface area is 174 Å². The zero-order valence-corrected chi connectivity index (χ0v) is 17.9. The molecule has 4 aliphatic rings. The van der Waals surface area contributed by atoms with Gasteiger partial charge in [-0.15, -0.1) is 0 Å². The van der Waals surface area contributed by atoms with Gasteiger partial charge in [-0.05, 0) is 91.6 Å². The molecule has 0 aliphatic heterocycles. The summed E-state index contributed by atoms with van der Waals surface area (Å²) in [5, 5.41) is 0. The van der Waals surface area contributed by atoms with Crippen molar-refractivity contribution in [2.75, 3.05) is 0 Å². The lowest BCUT2D eigenvalue weighted by Crippen LogP contribution is -2.53. The van der Waals surface area contributed by atoms with E-state index >= 15 is 0 Å². The van der Waals surface area contributed by atoms with Gasteiger partial charge in [0.1, 0.15) is 11.9 Å². The van der Waals surface area contributed by atoms with Crippen LogP contribution < -0.4 is 0 Å². The molecule has 4 fully saturated rings. The fraction of sp³-hybridized carbons (Fsp3) is 0.692. The van der Waals surface area contributed by atoms with Crippen LogP contribution in [0.25, 0.3) is 0 Å². The van der Waals surface area contributed by atoms with Gasteiger partial charge in [-0.3, -0.25) is 4.79 Å². The number of ketones is 1. The lowest BCUT2D eigenvalue weighted by molar-refractivity contribution is -0.122. The Kier molecular flexibility index (Phi) is 4.64. The molecule has 0 aromatic heterocycles. The fourth-order valence-electron chi connectivity index (χ4n) is 7.90. The van der Waals surface area contributed by atoms with Crippen molar-refractivity contribution in [2.45, 2.75) is 77.7 Å². The predicted molar refractivity (Wildman–Crippen MR) is 112 cm³/mol. The molecule has 5 rings (SSSR count). The number of hydrogen-bond donors (Lipinski definition) is 0. The molecular weight excluding hydrogens is 360 g/mol. The number of esters is 1. The molecule has 1 aromatic carbocycles. The first-order chi connectivity index (χ1) is 13.9. The summed E-state index contributed by atoms with van der Waals surface area (Å²) >= 11 is 0. The SMILES string of the molecule is C[C@]12CC[C@H]3[C@@H](CC[C@@H]4C[C@H](OC(=O)c5ccccc5)CC[C@@]43C)[C@@H]1CC(=O)C2. The van der Waals surface area contributed by atoms with Crippen LogP contribution in [-0.2, 0) is 9.53 Å². The number of Topliss-reactive ketones (excluding diaryl/α,β-unsaturated/α-hetero) is 1. The van der Waals surface area contributed by atoms with Crippen LogP contribution >= 0.6 is 0 Å². The Morgan fingerprint density at radius 3 is 2.59 bits per heavy atom. The van der Waals surface area contributed by atoms with E-state index in [1.54, 1.807) is 0 Å². The molecule has 3 heteroatoms. The molecule has 0 unspecified atom stereocenters. The van der Waals surface area contributed by atoms with Gasteiger partial charge >= 0.3 is 5.97 Å². The molecular formula is C26H34O3. The highest BCUT2D eigenvalue weighted by Gasteiger charge is 2.59. The molecule has 0 amide bonds. The van der Waals surface area contributed by atoms with E-state index in [4.69, 9.17) is 4.74 Å². The Hall–Kier alpha value is -1.64. The predicted octanol–water partition coefficient (Wildman–Crippen LogP) is 5.82. The number of carbonyl (C=O) groups excluding carboxylic acids is 2. The molecule has 3 nitrogen and oxygen atoms in total. The van der Waals surface area contributed by atoms with Crippen LogP contribution in [0.4, 0.5) is 0 Å². The lowest BCUT2D eigenvalue weighted by atomic mass is 9.45. The highest BCUT2D eigenvalue weighted by Crippen LogP contribution is 2.65. The van der Waals surface area contributed by atoms with Gasteiger partial charge in [0.05, 0.1) is 5.56 Å². The number of benzene rings is 1. The fourth-order valence-corrected chi connectivity index (χ4v) is 7.90. The van der Waals surface area contributed by atoms with Crippen LogP contribution in [0.2, 0.25) is 0 Å². The Morgan fingerprint density at radius 1 is 1.00 bits per heavy atom. The summed E-state index contributed by atoms with van der Waals surface area (Å²) in [6.45, 7) is 4.90. The average Bonchev–Trinajstić information content (AvgIpc) is 3.03. The summed E-state index contributed by atoms with van der Waals surface area (Å²) in [7, 11) is 0. The van der Waals surface area contributed by atoms with Crippen LogP contribution in [0, 0.1) is 34.5 Å². The van der Waals surface area contributed by atoms with Gasteiger partial charge in [-0.1, -0.05) is 32.0 Å². The van der Waals surface area contributed by atoms with Crippen molar-refractivity contribution in [1.29, 1.82) is 0 Å². The van der Waals surface area contributed by atoms with E-state index in [-0.39, 0.29) is 17.5 Å². The van der Waals surface area contributed by atoms with Crippen molar-refractivity contribution in [2.24, 2.45) is 34.5 Å². The highest BCUT2D eigenvalue weighted by molar-refractivity contribution is 5.89. The number of fused-ring (bicyclic) bond motifs is 5. The third kappa shape index (κ3) is 3.16. The van der Waals surface area contributed by atoms with Gasteiger partial charge in [-0.2, -0.15) is 0 Å². The molecule has 4 saturated carbocycles. The summed E-state index contributed by atoms with van der Waals surface area (Å²) in [5.41, 5.74) is 1.28. The highest BCUT2D eigenvalue weighted by atomic mass is 16.5. The summed E-state index contributed by atoms with van der Waals surface area (Å²) in [4.78, 5) is 24.8. The molecule has 0 N–H and O–H groups in total. The van der Waals surface area contributed by atoms with E-state index in [9.17, 15) is 9.59 Å². The van der Waals surface area contributed by atoms with Crippen LogP contribution in [0.3, 0.4) is 0 Å². The van der Waals surface area contributed by atoms with Crippen LogP contribution in [-0.4, -0.2) is 17.9 Å². The smallest absolute Gasteiger partial charge is 0.338 e. The van der Waals surface area contributed by atoms with Crippen LogP contribution in [0.1, 0.15) is 82.0 Å². The number of rotatable bonds is 2. The van der Waals surface area contributed by atoms with Gasteiger partial charge in [0.15, 0.2) is 0 Å². The van der Waals surface area contributed by atoms with Crippen LogP contribution in [0.15, 0.2) is 30.3 Å². The molecule has 7 atom stereocenters. The van der Waals surface area contributed by atoms with E-state index in [1.165, 1.54) is 25.7 Å². The van der Waals surface area contributed by atoms with Crippen molar-refractivity contribution in [3.8, 4) is 0 Å². The molecule has 0 spiro atoms. The van der Waals surface area contributed by atoms with Crippen molar-refractivity contribution >= 4 is 11.8 Å². The minimum Gasteiger partial charge on any atom is -0.459 e. The first kappa shape index (κ1) is 19.3. The van der Waals surface area contributed by atoms with Crippen LogP contribution in [0.5, 0.6) is 0 Å². The molecule has 29 heavy (non-hydrogen) atoms. The maximum Gasteiger partial charge on any atom is 0.338 e. The molecule has 0 radical (unpaired) electrons. The third-order valence-electron chi connectivity index (χ3n) is 9.47. The third-order valence-corrected chi connectivity index (χ3v) is 9.47. The largest absolute Gasteiger partial charge is 0.459 e. The van der Waals surface area contributed by atoms with Gasteiger partial charge in [0, 0.05) is 12.8 Å². The van der Waals surface area contributed by atoms with E-state index in [0.717, 1.165) is 43.9 Å². The van der Waals surface area contributed by atoms with E-state index < -0.39 is 0 Å². The first-order valence-corrected chi connectivity index (χ1v) is 11.7. The van der Waals surface area contributed by atoms with Gasteiger partial charge < -0.3 is 4.74 Å². The molecule has 1 aromatic rings. The molecule has 0 bridgehead atoms. The Morgan fingerprint density at radius 2 is 1.79 bits per heavy atom. The van der Waals surface area contributed by atoms with Gasteiger partial charge in [0.2, 0.25) is 0 Å². The molecule has 0 saturated heterocycles. The standard InChI is InChI=1S/C26H34O3/c1-25-12-11-22-21(23(25)15-19(27)16-25)9-8-18-14-20(10-13-26(18,22)2)29-24(28)17-6-4-3-5-7-17/h3-7,18,20-23H,8-16H2,1-2H3/t18-,20-,21-,22+,23+,25-,26+/m1/s1. The number of hydrogen-bond acceptors (Lipinski definition) is 3. The topological polar surface area (TPSA) is 43.4 Å². The van der Waals surface area contributed by atoms with Crippen molar-refractivity contribution in [3.63, 3.8) is 0 Å². The minimum atomic E-state index is -0.175. The second-order valence-corrected chi connectivity index (χ2v) is 10.9. The van der Waals surface area contributed by atoms with Gasteiger partial charge in [0.25, 0.3) is 0 Å². The number of carbonyl (C=O) groups is 2. The van der Waals surface area contributed by atoms with E-state index in [0.29, 0.717) is 28.6 Å². The molecule has 156 valence electrons. The van der Waals surface area contributed by atoms with Crippen molar-refractivity contribution in [3.05, 3.63) is 35.9 Å². The second-order valence-electron chi connectivity index (χ2n) is 10.9. The zero-order chi connectivity index (χ0) is 20.2. The van der Waals surface area contributed by atoms with Crippen molar-refractivity contribution < 1.29 is 14.3 Å². The normalized spacial score (nSPS) is 43.8. The van der Waals surface area contributed by atoms with E-state index in [1.807, 2.05) is 30.3 Å². The minimum absolute atomic E-state index is 0.0549. The molecule has 0 heterocycles. The quantitative estimate of drug-likeness (QED) is 0.593. The van der Waals surface area contributed by atoms with E-state index in [2.05, 4.69) is 13.8 Å². The number of ether oxygens (including phenoxy) is 1. The zero-order valence-electron chi connectivity index (χ0n) is 17.9. The average molecular weight is 395 g/mol. The summed E-state index contributed by atoms with van der Waals surface area (Å²) < 4.78 is 5.92. The molecule has 4 aliphatic carbocycles. The summed E-state index contributed by atoms with van der Waals surface area (Å²) in [6.07, 6.45) is 9.85. The lowest BCUT2D eigenvalue weighted by Gasteiger charge is -2.60. The maximum absolute atomic E-state index is 12.5.